The minimum Gasteiger partial charge on any atom is -0.345 e. The van der Waals surface area contributed by atoms with E-state index in [0.29, 0.717) is 0 Å². The summed E-state index contributed by atoms with van der Waals surface area (Å²) in [6.45, 7) is 10.5. The Bertz CT molecular complexity index is 991. The molecule has 0 saturated carbocycles. The Morgan fingerprint density at radius 3 is 2.86 bits per heavy atom. The summed E-state index contributed by atoms with van der Waals surface area (Å²) in [6, 6.07) is 4.04. The van der Waals surface area contributed by atoms with Gasteiger partial charge in [0.05, 0.1) is 38.1 Å². The van der Waals surface area contributed by atoms with Crippen LogP contribution in [0.25, 0.3) is 21.6 Å². The van der Waals surface area contributed by atoms with Gasteiger partial charge in [-0.15, -0.1) is 11.3 Å². The van der Waals surface area contributed by atoms with Gasteiger partial charge >= 0.3 is 0 Å². The summed E-state index contributed by atoms with van der Waals surface area (Å²) < 4.78 is 0. The van der Waals surface area contributed by atoms with Gasteiger partial charge in [-0.3, -0.25) is 4.98 Å². The van der Waals surface area contributed by atoms with E-state index in [2.05, 4.69) is 29.8 Å². The van der Waals surface area contributed by atoms with Gasteiger partial charge < -0.3 is 9.80 Å². The van der Waals surface area contributed by atoms with Crippen molar-refractivity contribution in [2.45, 2.75) is 39.5 Å². The minimum absolute atomic E-state index is 0.769. The molecule has 29 heavy (non-hydrogen) atoms. The van der Waals surface area contributed by atoms with Gasteiger partial charge in [0.25, 0.3) is 0 Å². The fraction of sp³-hybridized carbons (Fsp3) is 0.522. The smallest absolute Gasteiger partial charge is 0.164 e. The number of piperazine rings is 1. The van der Waals surface area contributed by atoms with Crippen molar-refractivity contribution in [1.29, 1.82) is 0 Å². The number of thiophene rings is 1. The first-order valence-electron chi connectivity index (χ1n) is 11.0. The fourth-order valence-electron chi connectivity index (χ4n) is 4.81. The summed E-state index contributed by atoms with van der Waals surface area (Å²) in [6.07, 6.45) is 8.58. The number of hydrogen-bond donors (Lipinski definition) is 1. The molecule has 1 N–H and O–H groups in total. The highest BCUT2D eigenvalue weighted by Crippen LogP contribution is 2.41. The molecule has 0 bridgehead atoms. The van der Waals surface area contributed by atoms with E-state index < -0.39 is 0 Å². The molecule has 1 saturated heterocycles. The lowest BCUT2D eigenvalue weighted by Gasteiger charge is -2.33. The maximum absolute atomic E-state index is 5.14. The van der Waals surface area contributed by atoms with Crippen molar-refractivity contribution in [1.82, 2.24) is 15.0 Å². The minimum atomic E-state index is 0.769. The van der Waals surface area contributed by atoms with Crippen LogP contribution in [0.5, 0.6) is 0 Å². The highest BCUT2D eigenvalue weighted by molar-refractivity contribution is 7.19. The lowest BCUT2D eigenvalue weighted by molar-refractivity contribution is -0.900. The van der Waals surface area contributed by atoms with Gasteiger partial charge in [-0.1, -0.05) is 13.8 Å². The van der Waals surface area contributed by atoms with E-state index >= 15 is 0 Å². The van der Waals surface area contributed by atoms with E-state index in [9.17, 15) is 0 Å². The summed E-state index contributed by atoms with van der Waals surface area (Å²) >= 11 is 1.90. The Labute approximate surface area is 176 Å². The normalized spacial score (nSPS) is 20.2. The van der Waals surface area contributed by atoms with Crippen LogP contribution in [0.4, 0.5) is 5.82 Å². The third-order valence-corrected chi connectivity index (χ3v) is 7.58. The van der Waals surface area contributed by atoms with E-state index in [-0.39, 0.29) is 0 Å². The SMILES string of the molecule is CCC[NH+]1CCN(c2nc(-c3cccnc3)nc3sc4c(c23)CC[C@H](C)C4)CC1. The third kappa shape index (κ3) is 3.64. The first-order chi connectivity index (χ1) is 14.2. The van der Waals surface area contributed by atoms with Crippen LogP contribution in [0.3, 0.4) is 0 Å². The van der Waals surface area contributed by atoms with Crippen LogP contribution < -0.4 is 9.80 Å². The molecule has 3 aromatic rings. The van der Waals surface area contributed by atoms with Crippen LogP contribution in [-0.4, -0.2) is 47.7 Å². The second kappa shape index (κ2) is 8.00. The summed E-state index contributed by atoms with van der Waals surface area (Å²) in [7, 11) is 0. The van der Waals surface area contributed by atoms with Crippen molar-refractivity contribution in [3.63, 3.8) is 0 Å². The van der Waals surface area contributed by atoms with Crippen molar-refractivity contribution >= 4 is 27.4 Å². The van der Waals surface area contributed by atoms with Gasteiger partial charge in [0, 0.05) is 22.8 Å². The Hall–Kier alpha value is -2.05. The summed E-state index contributed by atoms with van der Waals surface area (Å²) in [5.41, 5.74) is 2.53. The average molecular weight is 409 g/mol. The van der Waals surface area contributed by atoms with E-state index in [1.54, 1.807) is 4.90 Å². The zero-order valence-corrected chi connectivity index (χ0v) is 18.3. The maximum atomic E-state index is 5.14. The van der Waals surface area contributed by atoms with Gasteiger partial charge in [0.1, 0.15) is 10.6 Å². The molecule has 0 aromatic carbocycles. The highest BCUT2D eigenvalue weighted by Gasteiger charge is 2.28. The van der Waals surface area contributed by atoms with Crippen molar-refractivity contribution in [2.24, 2.45) is 5.92 Å². The number of nitrogens with zero attached hydrogens (tertiary/aromatic N) is 4. The third-order valence-electron chi connectivity index (χ3n) is 6.43. The van der Waals surface area contributed by atoms with Crippen LogP contribution in [0.2, 0.25) is 0 Å². The number of anilines is 1. The molecule has 0 unspecified atom stereocenters. The van der Waals surface area contributed by atoms with Crippen LogP contribution >= 0.6 is 11.3 Å². The number of hydrogen-bond acceptors (Lipinski definition) is 5. The number of aryl methyl sites for hydroxylation is 1. The van der Waals surface area contributed by atoms with Gasteiger partial charge in [-0.05, 0) is 49.3 Å². The lowest BCUT2D eigenvalue weighted by Crippen LogP contribution is -3.14. The van der Waals surface area contributed by atoms with Crippen LogP contribution in [-0.2, 0) is 12.8 Å². The average Bonchev–Trinajstić information content (AvgIpc) is 3.12. The van der Waals surface area contributed by atoms with Gasteiger partial charge in [0.15, 0.2) is 5.82 Å². The zero-order valence-electron chi connectivity index (χ0n) is 17.4. The predicted molar refractivity (Wildman–Crippen MR) is 120 cm³/mol. The first kappa shape index (κ1) is 18.9. The molecular weight excluding hydrogens is 378 g/mol. The molecule has 1 aliphatic carbocycles. The zero-order chi connectivity index (χ0) is 19.8. The van der Waals surface area contributed by atoms with E-state index in [0.717, 1.165) is 41.0 Å². The Morgan fingerprint density at radius 2 is 2.10 bits per heavy atom. The Balaban J connectivity index is 1.60. The molecule has 5 rings (SSSR count). The molecule has 1 fully saturated rings. The van der Waals surface area contributed by atoms with Crippen molar-refractivity contribution in [3.05, 3.63) is 35.0 Å². The topological polar surface area (TPSA) is 46.4 Å². The highest BCUT2D eigenvalue weighted by atomic mass is 32.1. The van der Waals surface area contributed by atoms with Gasteiger partial charge in [-0.25, -0.2) is 9.97 Å². The molecule has 152 valence electrons. The summed E-state index contributed by atoms with van der Waals surface area (Å²) in [5, 5.41) is 1.34. The number of rotatable bonds is 4. The van der Waals surface area contributed by atoms with Crippen molar-refractivity contribution in [2.75, 3.05) is 37.6 Å². The molecule has 1 aliphatic heterocycles. The molecule has 3 aromatic heterocycles. The second-order valence-electron chi connectivity index (χ2n) is 8.63. The van der Waals surface area contributed by atoms with E-state index in [1.807, 2.05) is 29.8 Å². The molecule has 6 heteroatoms. The standard InChI is InChI=1S/C23H29N5S/c1-3-9-27-10-12-28(13-11-27)22-20-18-7-6-16(2)14-19(18)29-23(20)26-21(25-22)17-5-4-8-24-15-17/h4-5,8,15-16H,3,6-7,9-14H2,1-2H3/p+1/t16-/m0/s1. The summed E-state index contributed by atoms with van der Waals surface area (Å²) in [5.74, 6) is 2.75. The van der Waals surface area contributed by atoms with Crippen molar-refractivity contribution in [3.8, 4) is 11.4 Å². The number of pyridine rings is 1. The number of aromatic nitrogens is 3. The largest absolute Gasteiger partial charge is 0.345 e. The number of quaternary nitrogens is 1. The second-order valence-corrected chi connectivity index (χ2v) is 9.72. The van der Waals surface area contributed by atoms with Gasteiger partial charge in [0.2, 0.25) is 0 Å². The lowest BCUT2D eigenvalue weighted by atomic mass is 9.89. The molecule has 1 atom stereocenters. The molecule has 2 aliphatic rings. The van der Waals surface area contributed by atoms with Gasteiger partial charge in [-0.2, -0.15) is 0 Å². The molecular formula is C23H30N5S+. The Kier molecular flexibility index (Phi) is 5.22. The number of nitrogens with one attached hydrogen (secondary N) is 1. The summed E-state index contributed by atoms with van der Waals surface area (Å²) in [4.78, 5) is 21.4. The maximum Gasteiger partial charge on any atom is 0.164 e. The molecule has 5 nitrogen and oxygen atoms in total. The first-order valence-corrected chi connectivity index (χ1v) is 11.9. The van der Waals surface area contributed by atoms with E-state index in [1.165, 1.54) is 61.1 Å². The van der Waals surface area contributed by atoms with E-state index in [4.69, 9.17) is 9.97 Å². The monoisotopic (exact) mass is 408 g/mol. The molecule has 4 heterocycles. The fourth-order valence-corrected chi connectivity index (χ4v) is 6.19. The molecule has 0 amide bonds. The number of fused-ring (bicyclic) bond motifs is 3. The quantitative estimate of drug-likeness (QED) is 0.721. The molecule has 0 radical (unpaired) electrons. The Morgan fingerprint density at radius 1 is 1.24 bits per heavy atom. The predicted octanol–water partition coefficient (Wildman–Crippen LogP) is 2.99. The van der Waals surface area contributed by atoms with Crippen LogP contribution in [0.1, 0.15) is 37.1 Å². The van der Waals surface area contributed by atoms with Crippen LogP contribution in [0, 0.1) is 5.92 Å². The van der Waals surface area contributed by atoms with Crippen LogP contribution in [0.15, 0.2) is 24.5 Å². The molecule has 0 spiro atoms. The van der Waals surface area contributed by atoms with Crippen molar-refractivity contribution < 1.29 is 4.90 Å².